The van der Waals surface area contributed by atoms with Gasteiger partial charge in [0.1, 0.15) is 17.4 Å². The molecule has 0 heterocycles. The molecule has 4 rings (SSSR count). The van der Waals surface area contributed by atoms with Crippen LogP contribution in [0.25, 0.3) is 0 Å². The van der Waals surface area contributed by atoms with Crippen LogP contribution in [-0.2, 0) is 12.0 Å². The van der Waals surface area contributed by atoms with Crippen molar-refractivity contribution < 1.29 is 45.0 Å². The molecule has 0 fully saturated rings. The highest BCUT2D eigenvalue weighted by molar-refractivity contribution is 5.95. The zero-order valence-corrected chi connectivity index (χ0v) is 22.9. The lowest BCUT2D eigenvalue weighted by Gasteiger charge is -2.37. The fraction of sp³-hybridized carbons (Fsp3) is 0.219. The molecular formula is C32H26F7NO3. The Balaban J connectivity index is 2.00. The summed E-state index contributed by atoms with van der Waals surface area (Å²) in [6, 6.07) is 18.8. The smallest absolute Gasteiger partial charge is 0.461 e. The predicted molar refractivity (Wildman–Crippen MR) is 145 cm³/mol. The van der Waals surface area contributed by atoms with Crippen LogP contribution in [0.1, 0.15) is 40.9 Å². The Kier molecular flexibility index (Phi) is 9.32. The number of amides is 1. The summed E-state index contributed by atoms with van der Waals surface area (Å²) in [5, 5.41) is 2.79. The quantitative estimate of drug-likeness (QED) is 0.176. The number of hydrogen-bond acceptors (Lipinski definition) is 3. The van der Waals surface area contributed by atoms with Crippen molar-refractivity contribution in [3.05, 3.63) is 131 Å². The molecule has 4 aromatic carbocycles. The maximum absolute atomic E-state index is 15.1. The van der Waals surface area contributed by atoms with Gasteiger partial charge in [0.2, 0.25) is 0 Å². The number of hydrogen-bond donors (Lipinski definition) is 1. The SMILES string of the molecule is CC(C)Oc1cc([C@@](Cc2ccccc2)(NC(=O)c2ccc(F)cc2)c2cc(F)cc(OC(F)(F)C(F)F)c2)ccc1F. The van der Waals surface area contributed by atoms with E-state index in [9.17, 15) is 31.1 Å². The molecule has 0 aromatic heterocycles. The zero-order valence-electron chi connectivity index (χ0n) is 22.9. The standard InChI is InChI=1S/C32H26F7NO3/c1-19(2)42-28-16-22(10-13-27(28)35)31(18-20-6-4-3-5-7-20,40-29(41)21-8-11-24(33)12-9-21)23-14-25(34)17-26(15-23)43-32(38,39)30(36)37/h3-17,19,30H,18H2,1-2H3,(H,40,41)/t31-/m1/s1. The number of nitrogens with one attached hydrogen (secondary N) is 1. The fourth-order valence-electron chi connectivity index (χ4n) is 4.51. The molecule has 0 aliphatic rings. The van der Waals surface area contributed by atoms with Gasteiger partial charge in [-0.1, -0.05) is 36.4 Å². The van der Waals surface area contributed by atoms with Crippen molar-refractivity contribution in [1.29, 1.82) is 0 Å². The molecular weight excluding hydrogens is 579 g/mol. The van der Waals surface area contributed by atoms with Crippen LogP contribution >= 0.6 is 0 Å². The van der Waals surface area contributed by atoms with Crippen LogP contribution in [0.2, 0.25) is 0 Å². The Labute approximate surface area is 243 Å². The molecule has 1 amide bonds. The summed E-state index contributed by atoms with van der Waals surface area (Å²) < 4.78 is 107. The van der Waals surface area contributed by atoms with Gasteiger partial charge in [-0.05, 0) is 79.1 Å². The fourth-order valence-corrected chi connectivity index (χ4v) is 4.51. The van der Waals surface area contributed by atoms with Crippen LogP contribution in [0.5, 0.6) is 11.5 Å². The minimum atomic E-state index is -4.96. The third-order valence-electron chi connectivity index (χ3n) is 6.40. The lowest BCUT2D eigenvalue weighted by molar-refractivity contribution is -0.253. The molecule has 0 unspecified atom stereocenters. The van der Waals surface area contributed by atoms with Gasteiger partial charge in [0, 0.05) is 18.1 Å². The van der Waals surface area contributed by atoms with Gasteiger partial charge in [0.25, 0.3) is 5.91 Å². The van der Waals surface area contributed by atoms with Gasteiger partial charge in [-0.2, -0.15) is 17.6 Å². The normalized spacial score (nSPS) is 13.1. The van der Waals surface area contributed by atoms with E-state index >= 15 is 4.39 Å². The van der Waals surface area contributed by atoms with Gasteiger partial charge in [-0.3, -0.25) is 4.79 Å². The minimum Gasteiger partial charge on any atom is -0.488 e. The van der Waals surface area contributed by atoms with Crippen molar-refractivity contribution in [2.75, 3.05) is 0 Å². The van der Waals surface area contributed by atoms with E-state index in [1.54, 1.807) is 44.2 Å². The first-order valence-corrected chi connectivity index (χ1v) is 13.0. The average molecular weight is 606 g/mol. The van der Waals surface area contributed by atoms with Gasteiger partial charge >= 0.3 is 12.5 Å². The van der Waals surface area contributed by atoms with Crippen LogP contribution < -0.4 is 14.8 Å². The summed E-state index contributed by atoms with van der Waals surface area (Å²) >= 11 is 0. The average Bonchev–Trinajstić information content (AvgIpc) is 2.94. The lowest BCUT2D eigenvalue weighted by Crippen LogP contribution is -2.48. The zero-order chi connectivity index (χ0) is 31.4. The van der Waals surface area contributed by atoms with Gasteiger partial charge in [-0.15, -0.1) is 0 Å². The summed E-state index contributed by atoms with van der Waals surface area (Å²) in [6.45, 7) is 3.30. The van der Waals surface area contributed by atoms with E-state index in [2.05, 4.69) is 10.1 Å². The van der Waals surface area contributed by atoms with Crippen molar-refractivity contribution in [3.8, 4) is 11.5 Å². The molecule has 0 bridgehead atoms. The summed E-state index contributed by atoms with van der Waals surface area (Å²) in [4.78, 5) is 13.6. The predicted octanol–water partition coefficient (Wildman–Crippen LogP) is 8.04. The second-order valence-electron chi connectivity index (χ2n) is 9.98. The number of benzene rings is 4. The molecule has 0 saturated heterocycles. The minimum absolute atomic E-state index is 0.0169. The van der Waals surface area contributed by atoms with Gasteiger partial charge in [0.05, 0.1) is 11.6 Å². The molecule has 43 heavy (non-hydrogen) atoms. The summed E-state index contributed by atoms with van der Waals surface area (Å²) in [5.74, 6) is -4.49. The summed E-state index contributed by atoms with van der Waals surface area (Å²) in [5.41, 5.74) is -1.40. The highest BCUT2D eigenvalue weighted by atomic mass is 19.3. The molecule has 4 aromatic rings. The van der Waals surface area contributed by atoms with Crippen LogP contribution in [-0.4, -0.2) is 24.5 Å². The first kappa shape index (κ1) is 31.4. The van der Waals surface area contributed by atoms with E-state index in [0.717, 1.165) is 30.3 Å². The summed E-state index contributed by atoms with van der Waals surface area (Å²) in [6.07, 6.45) is -9.83. The lowest BCUT2D eigenvalue weighted by atomic mass is 9.77. The van der Waals surface area contributed by atoms with Gasteiger partial charge in [0.15, 0.2) is 11.6 Å². The number of ether oxygens (including phenoxy) is 2. The Hall–Kier alpha value is -4.54. The van der Waals surface area contributed by atoms with E-state index in [1.165, 1.54) is 24.3 Å². The number of alkyl halides is 4. The first-order valence-electron chi connectivity index (χ1n) is 13.0. The van der Waals surface area contributed by atoms with E-state index in [-0.39, 0.29) is 28.9 Å². The number of halogens is 7. The Bertz CT molecular complexity index is 1560. The van der Waals surface area contributed by atoms with Crippen molar-refractivity contribution in [3.63, 3.8) is 0 Å². The molecule has 1 N–H and O–H groups in total. The van der Waals surface area contributed by atoms with E-state index in [1.807, 2.05) is 0 Å². The number of rotatable bonds is 11. The van der Waals surface area contributed by atoms with Gasteiger partial charge < -0.3 is 14.8 Å². The van der Waals surface area contributed by atoms with Crippen LogP contribution in [0.3, 0.4) is 0 Å². The van der Waals surface area contributed by atoms with Crippen molar-refractivity contribution in [2.45, 2.75) is 44.4 Å². The number of carbonyl (C=O) groups is 1. The molecule has 11 heteroatoms. The third-order valence-corrected chi connectivity index (χ3v) is 6.40. The molecule has 0 spiro atoms. The van der Waals surface area contributed by atoms with Crippen molar-refractivity contribution in [2.24, 2.45) is 0 Å². The first-order chi connectivity index (χ1) is 20.3. The van der Waals surface area contributed by atoms with E-state index in [4.69, 9.17) is 4.74 Å². The van der Waals surface area contributed by atoms with Crippen LogP contribution in [0.4, 0.5) is 30.7 Å². The largest absolute Gasteiger partial charge is 0.488 e. The van der Waals surface area contributed by atoms with Crippen LogP contribution in [0, 0.1) is 17.5 Å². The highest BCUT2D eigenvalue weighted by Gasteiger charge is 2.45. The second kappa shape index (κ2) is 12.8. The van der Waals surface area contributed by atoms with Crippen molar-refractivity contribution >= 4 is 5.91 Å². The molecule has 1 atom stereocenters. The highest BCUT2D eigenvalue weighted by Crippen LogP contribution is 2.39. The second-order valence-corrected chi connectivity index (χ2v) is 9.98. The van der Waals surface area contributed by atoms with Crippen LogP contribution in [0.15, 0.2) is 91.0 Å². The summed E-state index contributed by atoms with van der Waals surface area (Å²) in [7, 11) is 0. The van der Waals surface area contributed by atoms with E-state index < -0.39 is 53.3 Å². The monoisotopic (exact) mass is 605 g/mol. The Morgan fingerprint density at radius 1 is 0.814 bits per heavy atom. The third kappa shape index (κ3) is 7.46. The molecule has 0 aliphatic heterocycles. The number of carbonyl (C=O) groups excluding carboxylic acids is 1. The molecule has 0 saturated carbocycles. The van der Waals surface area contributed by atoms with Gasteiger partial charge in [-0.25, -0.2) is 13.2 Å². The maximum Gasteiger partial charge on any atom is 0.461 e. The molecule has 0 radical (unpaired) electrons. The van der Waals surface area contributed by atoms with Crippen molar-refractivity contribution in [1.82, 2.24) is 5.32 Å². The van der Waals surface area contributed by atoms with E-state index in [0.29, 0.717) is 11.6 Å². The molecule has 4 nitrogen and oxygen atoms in total. The molecule has 226 valence electrons. The topological polar surface area (TPSA) is 47.6 Å². The maximum atomic E-state index is 15.1. The molecule has 0 aliphatic carbocycles. The Morgan fingerprint density at radius 2 is 1.49 bits per heavy atom. The Morgan fingerprint density at radius 3 is 2.12 bits per heavy atom.